The molecule has 2 heterocycles. The highest BCUT2D eigenvalue weighted by atomic mass is 16.2. The van der Waals surface area contributed by atoms with Gasteiger partial charge in [-0.25, -0.2) is 0 Å². The van der Waals surface area contributed by atoms with Crippen molar-refractivity contribution in [1.29, 1.82) is 0 Å². The molecule has 2 saturated heterocycles. The van der Waals surface area contributed by atoms with E-state index in [1.54, 1.807) is 0 Å². The summed E-state index contributed by atoms with van der Waals surface area (Å²) in [6, 6.07) is 1.70. The van der Waals surface area contributed by atoms with Crippen LogP contribution in [0.3, 0.4) is 0 Å². The fourth-order valence-electron chi connectivity index (χ4n) is 3.39. The van der Waals surface area contributed by atoms with Gasteiger partial charge >= 0.3 is 0 Å². The minimum absolute atomic E-state index is 0.238. The van der Waals surface area contributed by atoms with Crippen molar-refractivity contribution in [2.75, 3.05) is 19.6 Å². The van der Waals surface area contributed by atoms with Gasteiger partial charge in [-0.1, -0.05) is 6.42 Å². The Kier molecular flexibility index (Phi) is 3.85. The molecule has 1 amide bonds. The molecule has 2 aliphatic heterocycles. The molecule has 0 aromatic rings. The summed E-state index contributed by atoms with van der Waals surface area (Å²) in [5.41, 5.74) is 0. The molecule has 18 heavy (non-hydrogen) atoms. The van der Waals surface area contributed by atoms with Crippen LogP contribution in [0.15, 0.2) is 0 Å². The molecule has 2 atom stereocenters. The molecule has 2 unspecified atom stereocenters. The van der Waals surface area contributed by atoms with Crippen molar-refractivity contribution in [3.63, 3.8) is 0 Å². The second-order valence-corrected chi connectivity index (χ2v) is 6.08. The molecule has 102 valence electrons. The minimum Gasteiger partial charge on any atom is -0.352 e. The number of nitrogens with zero attached hydrogens (tertiary/aromatic N) is 1. The van der Waals surface area contributed by atoms with Gasteiger partial charge in [-0.15, -0.1) is 0 Å². The lowest BCUT2D eigenvalue weighted by Gasteiger charge is -2.38. The summed E-state index contributed by atoms with van der Waals surface area (Å²) in [6.07, 6.45) is 8.77. The van der Waals surface area contributed by atoms with Crippen molar-refractivity contribution in [3.05, 3.63) is 0 Å². The van der Waals surface area contributed by atoms with Gasteiger partial charge in [0.2, 0.25) is 5.91 Å². The van der Waals surface area contributed by atoms with Gasteiger partial charge in [0.1, 0.15) is 0 Å². The smallest absolute Gasteiger partial charge is 0.234 e. The first-order valence-corrected chi connectivity index (χ1v) is 7.60. The van der Waals surface area contributed by atoms with E-state index < -0.39 is 0 Å². The minimum atomic E-state index is 0.238. The Hall–Kier alpha value is -0.610. The van der Waals surface area contributed by atoms with Crippen molar-refractivity contribution < 1.29 is 4.79 Å². The van der Waals surface area contributed by atoms with Gasteiger partial charge < -0.3 is 10.6 Å². The zero-order chi connectivity index (χ0) is 12.4. The number of hydrogen-bond acceptors (Lipinski definition) is 3. The van der Waals surface area contributed by atoms with Gasteiger partial charge in [-0.3, -0.25) is 9.69 Å². The molecule has 3 fully saturated rings. The highest BCUT2D eigenvalue weighted by Crippen LogP contribution is 2.24. The second-order valence-electron chi connectivity index (χ2n) is 6.08. The number of nitrogens with one attached hydrogen (secondary N) is 2. The van der Waals surface area contributed by atoms with Crippen molar-refractivity contribution >= 4 is 5.91 Å². The van der Waals surface area contributed by atoms with E-state index >= 15 is 0 Å². The largest absolute Gasteiger partial charge is 0.352 e. The van der Waals surface area contributed by atoms with Crippen LogP contribution in [0.1, 0.15) is 44.9 Å². The Balaban J connectivity index is 1.54. The summed E-state index contributed by atoms with van der Waals surface area (Å²) >= 11 is 0. The Bertz CT molecular complexity index is 297. The molecule has 0 aromatic heterocycles. The van der Waals surface area contributed by atoms with Gasteiger partial charge in [0.05, 0.1) is 6.54 Å². The van der Waals surface area contributed by atoms with E-state index in [-0.39, 0.29) is 5.91 Å². The maximum atomic E-state index is 11.9. The number of rotatable bonds is 4. The fourth-order valence-corrected chi connectivity index (χ4v) is 3.39. The summed E-state index contributed by atoms with van der Waals surface area (Å²) in [6.45, 7) is 2.86. The average Bonchev–Trinajstić information content (AvgIpc) is 3.01. The lowest BCUT2D eigenvalue weighted by molar-refractivity contribution is -0.123. The van der Waals surface area contributed by atoms with Gasteiger partial charge in [-0.05, 0) is 51.6 Å². The summed E-state index contributed by atoms with van der Waals surface area (Å²) in [5.74, 6) is 0.238. The van der Waals surface area contributed by atoms with Crippen LogP contribution in [-0.2, 0) is 4.79 Å². The Morgan fingerprint density at radius 1 is 1.17 bits per heavy atom. The number of hydrogen-bond donors (Lipinski definition) is 2. The summed E-state index contributed by atoms with van der Waals surface area (Å²) < 4.78 is 0. The molecule has 4 nitrogen and oxygen atoms in total. The van der Waals surface area contributed by atoms with E-state index in [1.165, 1.54) is 44.9 Å². The highest BCUT2D eigenvalue weighted by molar-refractivity contribution is 5.78. The molecule has 1 saturated carbocycles. The van der Waals surface area contributed by atoms with Crippen molar-refractivity contribution in [2.24, 2.45) is 0 Å². The first kappa shape index (κ1) is 12.4. The van der Waals surface area contributed by atoms with E-state index in [0.29, 0.717) is 24.7 Å². The third kappa shape index (κ3) is 3.04. The number of piperidine rings is 1. The standard InChI is InChI=1S/C14H25N3O/c18-14(16-11-6-7-11)10-17-9-2-1-5-13(17)12-4-3-8-15-12/h11-13,15H,1-10H2,(H,16,18). The number of likely N-dealkylation sites (tertiary alicyclic amines) is 1. The molecule has 1 aliphatic carbocycles. The zero-order valence-corrected chi connectivity index (χ0v) is 11.2. The predicted octanol–water partition coefficient (Wildman–Crippen LogP) is 0.872. The van der Waals surface area contributed by atoms with Crippen molar-refractivity contribution in [2.45, 2.75) is 63.1 Å². The third-order valence-electron chi connectivity index (χ3n) is 4.52. The fraction of sp³-hybridized carbons (Fsp3) is 0.929. The zero-order valence-electron chi connectivity index (χ0n) is 11.2. The maximum absolute atomic E-state index is 11.9. The predicted molar refractivity (Wildman–Crippen MR) is 71.4 cm³/mol. The summed E-state index contributed by atoms with van der Waals surface area (Å²) in [5, 5.41) is 6.72. The van der Waals surface area contributed by atoms with Crippen molar-refractivity contribution in [3.8, 4) is 0 Å². The first-order valence-electron chi connectivity index (χ1n) is 7.60. The van der Waals surface area contributed by atoms with Crippen molar-refractivity contribution in [1.82, 2.24) is 15.5 Å². The Morgan fingerprint density at radius 3 is 2.78 bits per heavy atom. The van der Waals surface area contributed by atoms with E-state index in [0.717, 1.165) is 13.1 Å². The quantitative estimate of drug-likeness (QED) is 0.779. The van der Waals surface area contributed by atoms with Crippen LogP contribution in [-0.4, -0.2) is 48.6 Å². The van der Waals surface area contributed by atoms with Crippen LogP contribution in [0.5, 0.6) is 0 Å². The van der Waals surface area contributed by atoms with Gasteiger partial charge in [0.15, 0.2) is 0 Å². The van der Waals surface area contributed by atoms with E-state index in [1.807, 2.05) is 0 Å². The Labute approximate surface area is 109 Å². The molecule has 4 heteroatoms. The van der Waals surface area contributed by atoms with Gasteiger partial charge in [0, 0.05) is 18.1 Å². The molecule has 3 rings (SSSR count). The molecule has 2 N–H and O–H groups in total. The summed E-state index contributed by atoms with van der Waals surface area (Å²) in [4.78, 5) is 14.4. The molecular formula is C14H25N3O. The molecular weight excluding hydrogens is 226 g/mol. The van der Waals surface area contributed by atoms with E-state index in [9.17, 15) is 4.79 Å². The van der Waals surface area contributed by atoms with E-state index in [4.69, 9.17) is 0 Å². The van der Waals surface area contributed by atoms with E-state index in [2.05, 4.69) is 15.5 Å². The first-order chi connectivity index (χ1) is 8.83. The molecule has 0 aromatic carbocycles. The van der Waals surface area contributed by atoms with Crippen LogP contribution in [0, 0.1) is 0 Å². The van der Waals surface area contributed by atoms with Crippen LogP contribution >= 0.6 is 0 Å². The number of amides is 1. The van der Waals surface area contributed by atoms with Crippen LogP contribution in [0.25, 0.3) is 0 Å². The number of carbonyl (C=O) groups excluding carboxylic acids is 1. The molecule has 0 spiro atoms. The third-order valence-corrected chi connectivity index (χ3v) is 4.52. The highest BCUT2D eigenvalue weighted by Gasteiger charge is 2.33. The maximum Gasteiger partial charge on any atom is 0.234 e. The second kappa shape index (κ2) is 5.57. The SMILES string of the molecule is O=C(CN1CCCCC1C1CCCN1)NC1CC1. The van der Waals surface area contributed by atoms with Crippen LogP contribution < -0.4 is 10.6 Å². The number of carbonyl (C=O) groups is 1. The monoisotopic (exact) mass is 251 g/mol. The normalized spacial score (nSPS) is 33.6. The average molecular weight is 251 g/mol. The van der Waals surface area contributed by atoms with Crippen LogP contribution in [0.4, 0.5) is 0 Å². The summed E-state index contributed by atoms with van der Waals surface area (Å²) in [7, 11) is 0. The molecule has 0 bridgehead atoms. The topological polar surface area (TPSA) is 44.4 Å². The molecule has 3 aliphatic rings. The van der Waals surface area contributed by atoms with Gasteiger partial charge in [-0.2, -0.15) is 0 Å². The lowest BCUT2D eigenvalue weighted by atomic mass is 9.94. The van der Waals surface area contributed by atoms with Gasteiger partial charge in [0.25, 0.3) is 0 Å². The molecule has 0 radical (unpaired) electrons. The lowest BCUT2D eigenvalue weighted by Crippen LogP contribution is -2.53. The van der Waals surface area contributed by atoms with Crippen LogP contribution in [0.2, 0.25) is 0 Å². The Morgan fingerprint density at radius 2 is 2.06 bits per heavy atom.